The van der Waals surface area contributed by atoms with Gasteiger partial charge in [0.1, 0.15) is 5.82 Å². The van der Waals surface area contributed by atoms with Gasteiger partial charge >= 0.3 is 0 Å². The Hall–Kier alpha value is -0.540. The second-order valence-electron chi connectivity index (χ2n) is 4.24. The fourth-order valence-electron chi connectivity index (χ4n) is 1.73. The molecule has 1 heterocycles. The first kappa shape index (κ1) is 11.0. The van der Waals surface area contributed by atoms with Crippen molar-refractivity contribution in [1.29, 1.82) is 0 Å². The van der Waals surface area contributed by atoms with Crippen LogP contribution in [0.25, 0.3) is 0 Å². The normalized spacial score (nSPS) is 26.6. The van der Waals surface area contributed by atoms with Crippen LogP contribution in [0.15, 0.2) is 18.2 Å². The van der Waals surface area contributed by atoms with Gasteiger partial charge in [0.05, 0.1) is 5.37 Å². The first-order valence-electron chi connectivity index (χ1n) is 5.28. The van der Waals surface area contributed by atoms with Crippen molar-refractivity contribution in [3.63, 3.8) is 0 Å². The van der Waals surface area contributed by atoms with E-state index in [2.05, 4.69) is 12.2 Å². The summed E-state index contributed by atoms with van der Waals surface area (Å²) < 4.78 is 13.1. The van der Waals surface area contributed by atoms with Gasteiger partial charge in [-0.2, -0.15) is 0 Å². The third kappa shape index (κ3) is 2.52. The van der Waals surface area contributed by atoms with Gasteiger partial charge < -0.3 is 5.32 Å². The first-order valence-corrected chi connectivity index (χ1v) is 6.32. The summed E-state index contributed by atoms with van der Waals surface area (Å²) in [6.07, 6.45) is 0. The van der Waals surface area contributed by atoms with Crippen LogP contribution in [0.3, 0.4) is 0 Å². The lowest BCUT2D eigenvalue weighted by Gasteiger charge is -2.27. The quantitative estimate of drug-likeness (QED) is 0.788. The van der Waals surface area contributed by atoms with E-state index >= 15 is 0 Å². The fourth-order valence-corrected chi connectivity index (χ4v) is 2.92. The summed E-state index contributed by atoms with van der Waals surface area (Å²) in [4.78, 5) is 0. The second-order valence-corrected chi connectivity index (χ2v) is 5.37. The highest BCUT2D eigenvalue weighted by Crippen LogP contribution is 2.31. The van der Waals surface area contributed by atoms with Crippen LogP contribution in [0, 0.1) is 18.7 Å². The van der Waals surface area contributed by atoms with Crippen LogP contribution in [-0.4, -0.2) is 12.3 Å². The molecule has 0 amide bonds. The fraction of sp³-hybridized carbons (Fsp3) is 0.500. The topological polar surface area (TPSA) is 12.0 Å². The molecule has 2 rings (SSSR count). The average Bonchev–Trinajstić information content (AvgIpc) is 2.23. The third-order valence-electron chi connectivity index (χ3n) is 2.68. The molecular weight excluding hydrogens is 209 g/mol. The van der Waals surface area contributed by atoms with E-state index < -0.39 is 0 Å². The van der Waals surface area contributed by atoms with Gasteiger partial charge in [-0.25, -0.2) is 4.39 Å². The Morgan fingerprint density at radius 3 is 2.87 bits per heavy atom. The third-order valence-corrected chi connectivity index (χ3v) is 4.22. The highest BCUT2D eigenvalue weighted by molar-refractivity contribution is 7.99. The van der Waals surface area contributed by atoms with Crippen LogP contribution in [0.1, 0.15) is 23.4 Å². The molecule has 1 N–H and O–H groups in total. The van der Waals surface area contributed by atoms with Crippen molar-refractivity contribution >= 4 is 11.8 Å². The number of benzene rings is 1. The molecule has 1 aromatic rings. The Morgan fingerprint density at radius 2 is 2.27 bits per heavy atom. The molecule has 1 aliphatic heterocycles. The maximum Gasteiger partial charge on any atom is 0.126 e. The average molecular weight is 225 g/mol. The summed E-state index contributed by atoms with van der Waals surface area (Å²) >= 11 is 1.91. The summed E-state index contributed by atoms with van der Waals surface area (Å²) in [5.74, 6) is 1.79. The number of aryl methyl sites for hydroxylation is 1. The lowest BCUT2D eigenvalue weighted by Crippen LogP contribution is -2.31. The van der Waals surface area contributed by atoms with E-state index in [0.717, 1.165) is 18.0 Å². The van der Waals surface area contributed by atoms with Gasteiger partial charge in [-0.3, -0.25) is 0 Å². The van der Waals surface area contributed by atoms with E-state index in [4.69, 9.17) is 0 Å². The maximum absolute atomic E-state index is 13.1. The zero-order valence-corrected chi connectivity index (χ0v) is 9.90. The van der Waals surface area contributed by atoms with Gasteiger partial charge in [-0.15, -0.1) is 11.8 Å². The molecule has 0 spiro atoms. The van der Waals surface area contributed by atoms with Gasteiger partial charge in [0.15, 0.2) is 0 Å². The van der Waals surface area contributed by atoms with Crippen molar-refractivity contribution in [3.8, 4) is 0 Å². The number of hydrogen-bond acceptors (Lipinski definition) is 2. The van der Waals surface area contributed by atoms with Gasteiger partial charge in [-0.1, -0.05) is 19.1 Å². The van der Waals surface area contributed by atoms with E-state index in [1.165, 1.54) is 11.3 Å². The summed E-state index contributed by atoms with van der Waals surface area (Å²) in [5, 5.41) is 3.81. The van der Waals surface area contributed by atoms with Gasteiger partial charge in [-0.05, 0) is 42.3 Å². The van der Waals surface area contributed by atoms with Crippen molar-refractivity contribution in [2.45, 2.75) is 19.2 Å². The molecular formula is C12H16FNS. The Labute approximate surface area is 94.5 Å². The highest BCUT2D eigenvalue weighted by atomic mass is 32.2. The maximum atomic E-state index is 13.1. The Balaban J connectivity index is 2.12. The lowest BCUT2D eigenvalue weighted by molar-refractivity contribution is 0.528. The number of thioether (sulfide) groups is 1. The molecule has 82 valence electrons. The predicted molar refractivity (Wildman–Crippen MR) is 63.5 cm³/mol. The minimum absolute atomic E-state index is 0.118. The molecule has 1 aliphatic rings. The van der Waals surface area contributed by atoms with Crippen molar-refractivity contribution in [3.05, 3.63) is 35.1 Å². The predicted octanol–water partition coefficient (Wildman–Crippen LogP) is 3.11. The van der Waals surface area contributed by atoms with Crippen LogP contribution in [0.2, 0.25) is 0 Å². The van der Waals surface area contributed by atoms with Crippen molar-refractivity contribution in [2.24, 2.45) is 5.92 Å². The monoisotopic (exact) mass is 225 g/mol. The molecule has 2 unspecified atom stereocenters. The zero-order chi connectivity index (χ0) is 10.8. The summed E-state index contributed by atoms with van der Waals surface area (Å²) in [5.41, 5.74) is 1.92. The zero-order valence-electron chi connectivity index (χ0n) is 9.09. The molecule has 3 heteroatoms. The Kier molecular flexibility index (Phi) is 3.32. The SMILES string of the molecule is Cc1cc(C2NCC(C)CS2)ccc1F. The van der Waals surface area contributed by atoms with E-state index in [9.17, 15) is 4.39 Å². The largest absolute Gasteiger partial charge is 0.301 e. The van der Waals surface area contributed by atoms with Crippen LogP contribution >= 0.6 is 11.8 Å². The number of nitrogens with one attached hydrogen (secondary N) is 1. The minimum atomic E-state index is -0.118. The summed E-state index contributed by atoms with van der Waals surface area (Å²) in [7, 11) is 0. The van der Waals surface area contributed by atoms with Crippen LogP contribution in [0.5, 0.6) is 0 Å². The number of rotatable bonds is 1. The molecule has 0 aliphatic carbocycles. The van der Waals surface area contributed by atoms with Gasteiger partial charge in [0.2, 0.25) is 0 Å². The Bertz CT molecular complexity index is 345. The molecule has 1 nitrogen and oxygen atoms in total. The summed E-state index contributed by atoms with van der Waals surface area (Å²) in [6, 6.07) is 5.38. The molecule has 15 heavy (non-hydrogen) atoms. The van der Waals surface area contributed by atoms with Crippen LogP contribution in [-0.2, 0) is 0 Å². The van der Waals surface area contributed by atoms with E-state index in [1.807, 2.05) is 30.8 Å². The van der Waals surface area contributed by atoms with E-state index in [-0.39, 0.29) is 5.82 Å². The molecule has 2 atom stereocenters. The smallest absolute Gasteiger partial charge is 0.126 e. The molecule has 0 aromatic heterocycles. The first-order chi connectivity index (χ1) is 7.16. The minimum Gasteiger partial charge on any atom is -0.301 e. The van der Waals surface area contributed by atoms with Gasteiger partial charge in [0, 0.05) is 0 Å². The molecule has 0 saturated carbocycles. The summed E-state index contributed by atoms with van der Waals surface area (Å²) in [6.45, 7) is 5.11. The van der Waals surface area contributed by atoms with Crippen LogP contribution in [0.4, 0.5) is 4.39 Å². The van der Waals surface area contributed by atoms with Gasteiger partial charge in [0.25, 0.3) is 0 Å². The van der Waals surface area contributed by atoms with Crippen LogP contribution < -0.4 is 5.32 Å². The molecule has 1 fully saturated rings. The van der Waals surface area contributed by atoms with Crippen molar-refractivity contribution in [2.75, 3.05) is 12.3 Å². The van der Waals surface area contributed by atoms with E-state index in [0.29, 0.717) is 5.37 Å². The molecule has 0 radical (unpaired) electrons. The highest BCUT2D eigenvalue weighted by Gasteiger charge is 2.19. The van der Waals surface area contributed by atoms with Crippen molar-refractivity contribution < 1.29 is 4.39 Å². The molecule has 1 saturated heterocycles. The lowest BCUT2D eigenvalue weighted by atomic mass is 10.1. The number of halogens is 1. The Morgan fingerprint density at radius 1 is 1.47 bits per heavy atom. The van der Waals surface area contributed by atoms with Crippen molar-refractivity contribution in [1.82, 2.24) is 5.32 Å². The standard InChI is InChI=1S/C12H16FNS/c1-8-6-14-12(15-7-8)10-3-4-11(13)9(2)5-10/h3-5,8,12,14H,6-7H2,1-2H3. The number of hydrogen-bond donors (Lipinski definition) is 1. The molecule has 0 bridgehead atoms. The molecule has 1 aromatic carbocycles. The second kappa shape index (κ2) is 4.54. The van der Waals surface area contributed by atoms with E-state index in [1.54, 1.807) is 6.07 Å².